The minimum atomic E-state index is -1.17. The van der Waals surface area contributed by atoms with Gasteiger partial charge in [-0.25, -0.2) is 4.79 Å². The van der Waals surface area contributed by atoms with Crippen molar-refractivity contribution in [1.29, 1.82) is 0 Å². The molecule has 0 aliphatic heterocycles. The van der Waals surface area contributed by atoms with Crippen molar-refractivity contribution in [2.75, 3.05) is 7.11 Å². The zero-order chi connectivity index (χ0) is 16.6. The monoisotopic (exact) mass is 346 g/mol. The number of fused-ring (bicyclic) bond motifs is 1. The predicted molar refractivity (Wildman–Crippen MR) is 93.2 cm³/mol. The van der Waals surface area contributed by atoms with E-state index in [-0.39, 0.29) is 23.6 Å². The molecule has 0 unspecified atom stereocenters. The molecule has 0 aliphatic carbocycles. The van der Waals surface area contributed by atoms with Crippen molar-refractivity contribution < 1.29 is 14.6 Å². The lowest BCUT2D eigenvalue weighted by atomic mass is 9.98. The van der Waals surface area contributed by atoms with Gasteiger partial charge in [0, 0.05) is 24.2 Å². The molecule has 124 valence electrons. The molecule has 2 heterocycles. The summed E-state index contributed by atoms with van der Waals surface area (Å²) in [6.45, 7) is 0. The second-order valence-corrected chi connectivity index (χ2v) is 5.02. The Morgan fingerprint density at radius 2 is 1.88 bits per heavy atom. The standard InChI is InChI=1S/C17H14N2O4.ClH/c1-19-15(17(21)22)13(10-5-7-11(23-2)8-6-10)12-4-3-9-18-14(12)16(19)20;/h3-9H,1-2H3,(H,21,22);1H. The van der Waals surface area contributed by atoms with E-state index in [9.17, 15) is 14.7 Å². The zero-order valence-corrected chi connectivity index (χ0v) is 13.8. The summed E-state index contributed by atoms with van der Waals surface area (Å²) in [5.41, 5.74) is 0.879. The normalized spacial score (nSPS) is 10.2. The number of carbonyl (C=O) groups is 1. The highest BCUT2D eigenvalue weighted by molar-refractivity contribution is 6.05. The fourth-order valence-electron chi connectivity index (χ4n) is 2.63. The van der Waals surface area contributed by atoms with Crippen LogP contribution in [0.5, 0.6) is 5.75 Å². The Kier molecular flexibility index (Phi) is 4.90. The van der Waals surface area contributed by atoms with Crippen LogP contribution in [-0.2, 0) is 7.05 Å². The lowest BCUT2D eigenvalue weighted by Crippen LogP contribution is -2.25. The molecule has 1 aromatic carbocycles. The molecule has 3 rings (SSSR count). The third-order valence-corrected chi connectivity index (χ3v) is 3.74. The van der Waals surface area contributed by atoms with Crippen molar-refractivity contribution in [1.82, 2.24) is 9.55 Å². The van der Waals surface area contributed by atoms with Crippen molar-refractivity contribution in [2.24, 2.45) is 7.05 Å². The Bertz CT molecular complexity index is 965. The van der Waals surface area contributed by atoms with Crippen LogP contribution in [0.15, 0.2) is 47.4 Å². The van der Waals surface area contributed by atoms with Gasteiger partial charge in [0.25, 0.3) is 5.56 Å². The second kappa shape index (κ2) is 6.72. The molecular formula is C17H15ClN2O4. The number of methoxy groups -OCH3 is 1. The number of aromatic carboxylic acids is 1. The first-order chi connectivity index (χ1) is 11.0. The Hall–Kier alpha value is -2.86. The van der Waals surface area contributed by atoms with E-state index in [1.54, 1.807) is 43.5 Å². The van der Waals surface area contributed by atoms with Gasteiger partial charge in [-0.15, -0.1) is 12.4 Å². The number of hydrogen-bond acceptors (Lipinski definition) is 4. The van der Waals surface area contributed by atoms with Gasteiger partial charge in [0.05, 0.1) is 7.11 Å². The molecule has 0 spiro atoms. The lowest BCUT2D eigenvalue weighted by Gasteiger charge is -2.14. The van der Waals surface area contributed by atoms with E-state index < -0.39 is 11.5 Å². The van der Waals surface area contributed by atoms with E-state index in [0.29, 0.717) is 22.3 Å². The van der Waals surface area contributed by atoms with Crippen molar-refractivity contribution in [3.05, 3.63) is 58.6 Å². The molecule has 0 amide bonds. The van der Waals surface area contributed by atoms with E-state index in [2.05, 4.69) is 4.98 Å². The van der Waals surface area contributed by atoms with Gasteiger partial charge in [0.1, 0.15) is 17.0 Å². The van der Waals surface area contributed by atoms with Crippen LogP contribution < -0.4 is 10.3 Å². The molecule has 6 nitrogen and oxygen atoms in total. The van der Waals surface area contributed by atoms with E-state index >= 15 is 0 Å². The molecule has 2 aromatic heterocycles. The highest BCUT2D eigenvalue weighted by Gasteiger charge is 2.21. The molecule has 1 N–H and O–H groups in total. The number of hydrogen-bond donors (Lipinski definition) is 1. The SMILES string of the molecule is COc1ccc(-c2c(C(=O)O)n(C)c(=O)c3ncccc23)cc1.Cl. The molecule has 0 saturated heterocycles. The van der Waals surface area contributed by atoms with Gasteiger partial charge in [-0.05, 0) is 23.8 Å². The van der Waals surface area contributed by atoms with E-state index in [0.717, 1.165) is 4.57 Å². The number of carboxylic acids is 1. The molecule has 0 radical (unpaired) electrons. The largest absolute Gasteiger partial charge is 0.497 e. The van der Waals surface area contributed by atoms with Crippen LogP contribution in [0.3, 0.4) is 0 Å². The fourth-order valence-corrected chi connectivity index (χ4v) is 2.63. The average molecular weight is 347 g/mol. The molecule has 0 atom stereocenters. The Balaban J connectivity index is 0.00000208. The number of benzene rings is 1. The number of aromatic nitrogens is 2. The van der Waals surface area contributed by atoms with Gasteiger partial charge >= 0.3 is 5.97 Å². The third-order valence-electron chi connectivity index (χ3n) is 3.74. The van der Waals surface area contributed by atoms with Crippen LogP contribution in [-0.4, -0.2) is 27.7 Å². The summed E-state index contributed by atoms with van der Waals surface area (Å²) in [7, 11) is 3.00. The maximum absolute atomic E-state index is 12.4. The molecule has 0 aliphatic rings. The highest BCUT2D eigenvalue weighted by Crippen LogP contribution is 2.30. The van der Waals surface area contributed by atoms with Crippen molar-refractivity contribution >= 4 is 29.3 Å². The minimum absolute atomic E-state index is 0. The van der Waals surface area contributed by atoms with Crippen LogP contribution in [0, 0.1) is 0 Å². The van der Waals surface area contributed by atoms with Crippen LogP contribution in [0.4, 0.5) is 0 Å². The number of carboxylic acid groups (broad SMARTS) is 1. The first-order valence-electron chi connectivity index (χ1n) is 6.90. The quantitative estimate of drug-likeness (QED) is 0.788. The average Bonchev–Trinajstić information content (AvgIpc) is 2.57. The van der Waals surface area contributed by atoms with E-state index in [1.807, 2.05) is 0 Å². The maximum Gasteiger partial charge on any atom is 0.353 e. The van der Waals surface area contributed by atoms with Gasteiger partial charge in [-0.3, -0.25) is 9.78 Å². The fraction of sp³-hybridized carbons (Fsp3) is 0.118. The number of halogens is 1. The molecule has 0 saturated carbocycles. The molecule has 24 heavy (non-hydrogen) atoms. The summed E-state index contributed by atoms with van der Waals surface area (Å²) >= 11 is 0. The summed E-state index contributed by atoms with van der Waals surface area (Å²) < 4.78 is 6.25. The smallest absolute Gasteiger partial charge is 0.353 e. The minimum Gasteiger partial charge on any atom is -0.497 e. The van der Waals surface area contributed by atoms with Gasteiger partial charge < -0.3 is 14.4 Å². The summed E-state index contributed by atoms with van der Waals surface area (Å²) in [6.07, 6.45) is 1.52. The van der Waals surface area contributed by atoms with Crippen molar-refractivity contribution in [2.45, 2.75) is 0 Å². The molecule has 0 bridgehead atoms. The van der Waals surface area contributed by atoms with E-state index in [4.69, 9.17) is 4.74 Å². The molecule has 7 heteroatoms. The maximum atomic E-state index is 12.4. The van der Waals surface area contributed by atoms with Crippen molar-refractivity contribution in [3.8, 4) is 16.9 Å². The van der Waals surface area contributed by atoms with Gasteiger partial charge in [-0.2, -0.15) is 0 Å². The Morgan fingerprint density at radius 1 is 1.21 bits per heavy atom. The van der Waals surface area contributed by atoms with Crippen molar-refractivity contribution in [3.63, 3.8) is 0 Å². The summed E-state index contributed by atoms with van der Waals surface area (Å²) in [5.74, 6) is -0.501. The van der Waals surface area contributed by atoms with Crippen LogP contribution in [0.25, 0.3) is 22.0 Å². The van der Waals surface area contributed by atoms with E-state index in [1.165, 1.54) is 13.2 Å². The number of rotatable bonds is 3. The zero-order valence-electron chi connectivity index (χ0n) is 13.0. The first-order valence-corrected chi connectivity index (χ1v) is 6.90. The topological polar surface area (TPSA) is 81.4 Å². The number of ether oxygens (including phenoxy) is 1. The first kappa shape index (κ1) is 17.5. The molecular weight excluding hydrogens is 332 g/mol. The van der Waals surface area contributed by atoms with Crippen LogP contribution >= 0.6 is 12.4 Å². The van der Waals surface area contributed by atoms with Gasteiger partial charge in [0.15, 0.2) is 0 Å². The second-order valence-electron chi connectivity index (χ2n) is 5.02. The molecule has 3 aromatic rings. The number of nitrogens with zero attached hydrogens (tertiary/aromatic N) is 2. The Morgan fingerprint density at radius 3 is 2.46 bits per heavy atom. The van der Waals surface area contributed by atoms with Crippen LogP contribution in [0.2, 0.25) is 0 Å². The predicted octanol–water partition coefficient (Wildman–Crippen LogP) is 2.73. The van der Waals surface area contributed by atoms with Gasteiger partial charge in [-0.1, -0.05) is 18.2 Å². The number of pyridine rings is 2. The van der Waals surface area contributed by atoms with Gasteiger partial charge in [0.2, 0.25) is 0 Å². The lowest BCUT2D eigenvalue weighted by molar-refractivity contribution is 0.0686. The molecule has 0 fully saturated rings. The van der Waals surface area contributed by atoms with Crippen LogP contribution in [0.1, 0.15) is 10.5 Å². The highest BCUT2D eigenvalue weighted by atomic mass is 35.5. The third kappa shape index (κ3) is 2.72. The Labute approximate surface area is 143 Å². The summed E-state index contributed by atoms with van der Waals surface area (Å²) in [4.78, 5) is 28.2. The summed E-state index contributed by atoms with van der Waals surface area (Å²) in [5, 5.41) is 10.1. The summed E-state index contributed by atoms with van der Waals surface area (Å²) in [6, 6.07) is 10.4.